The average molecular weight is 337 g/mol. The Labute approximate surface area is 138 Å². The summed E-state index contributed by atoms with van der Waals surface area (Å²) in [6, 6.07) is 6.47. The Balaban J connectivity index is 2.69. The first-order valence-corrected chi connectivity index (χ1v) is 9.06. The summed E-state index contributed by atoms with van der Waals surface area (Å²) in [5.41, 5.74) is 0.128. The standard InChI is InChI=1S/C17H23NO4S/c1-13-8-10-14(11-9-13)23(21,22)15(18-4)7-5-6-12-17(2,3)16(19)20/h8-11,15H,5-7,12H2,1-3H3,(H,19,20). The zero-order valence-corrected chi connectivity index (χ0v) is 14.6. The molecule has 1 N–H and O–H groups in total. The molecular formula is C17H23NO4S. The molecule has 0 bridgehead atoms. The first kappa shape index (κ1) is 19.2. The van der Waals surface area contributed by atoms with Crippen molar-refractivity contribution in [2.45, 2.75) is 56.7 Å². The number of carbonyl (C=O) groups is 1. The largest absolute Gasteiger partial charge is 0.481 e. The van der Waals surface area contributed by atoms with Gasteiger partial charge in [0.05, 0.1) is 10.3 Å². The third-order valence-corrected chi connectivity index (χ3v) is 5.92. The molecule has 1 unspecified atom stereocenters. The van der Waals surface area contributed by atoms with Crippen LogP contribution in [0.4, 0.5) is 0 Å². The van der Waals surface area contributed by atoms with Gasteiger partial charge >= 0.3 is 11.3 Å². The van der Waals surface area contributed by atoms with Crippen LogP contribution in [0.1, 0.15) is 45.1 Å². The molecule has 0 aromatic heterocycles. The number of hydrogen-bond acceptors (Lipinski definition) is 3. The highest BCUT2D eigenvalue weighted by Crippen LogP contribution is 2.26. The number of carboxylic acid groups (broad SMARTS) is 1. The van der Waals surface area contributed by atoms with Crippen LogP contribution in [0.5, 0.6) is 0 Å². The maximum Gasteiger partial charge on any atom is 0.325 e. The second kappa shape index (κ2) is 7.60. The monoisotopic (exact) mass is 337 g/mol. The molecule has 0 aliphatic heterocycles. The first-order valence-electron chi connectivity index (χ1n) is 7.52. The minimum atomic E-state index is -3.67. The van der Waals surface area contributed by atoms with Crippen molar-refractivity contribution < 1.29 is 18.3 Å². The van der Waals surface area contributed by atoms with E-state index in [-0.39, 0.29) is 11.3 Å². The number of aliphatic carboxylic acids is 1. The number of sulfone groups is 1. The summed E-state index contributed by atoms with van der Waals surface area (Å²) in [5.74, 6) is -0.869. The van der Waals surface area contributed by atoms with Gasteiger partial charge in [0.1, 0.15) is 0 Å². The topological polar surface area (TPSA) is 75.8 Å². The van der Waals surface area contributed by atoms with Gasteiger partial charge in [0, 0.05) is 6.42 Å². The Kier molecular flexibility index (Phi) is 6.34. The van der Waals surface area contributed by atoms with Gasteiger partial charge in [-0.05, 0) is 45.7 Å². The lowest BCUT2D eigenvalue weighted by Gasteiger charge is -2.18. The Morgan fingerprint density at radius 2 is 1.83 bits per heavy atom. The van der Waals surface area contributed by atoms with E-state index in [2.05, 4.69) is 4.85 Å². The summed E-state index contributed by atoms with van der Waals surface area (Å²) in [7, 11) is -3.67. The lowest BCUT2D eigenvalue weighted by molar-refractivity contribution is -0.147. The van der Waals surface area contributed by atoms with Crippen molar-refractivity contribution in [2.24, 2.45) is 5.41 Å². The van der Waals surface area contributed by atoms with Crippen molar-refractivity contribution >= 4 is 15.8 Å². The highest BCUT2D eigenvalue weighted by molar-refractivity contribution is 7.92. The van der Waals surface area contributed by atoms with Crippen molar-refractivity contribution in [1.29, 1.82) is 0 Å². The van der Waals surface area contributed by atoms with Crippen LogP contribution in [0.15, 0.2) is 29.2 Å². The summed E-state index contributed by atoms with van der Waals surface area (Å²) < 4.78 is 24.9. The summed E-state index contributed by atoms with van der Waals surface area (Å²) in [5, 5.41) is 7.94. The van der Waals surface area contributed by atoms with Gasteiger partial charge in [0.2, 0.25) is 0 Å². The summed E-state index contributed by atoms with van der Waals surface area (Å²) in [6.45, 7) is 12.3. The van der Waals surface area contributed by atoms with Gasteiger partial charge in [-0.3, -0.25) is 9.64 Å². The lowest BCUT2D eigenvalue weighted by atomic mass is 9.87. The van der Waals surface area contributed by atoms with Gasteiger partial charge in [0.25, 0.3) is 9.84 Å². The molecule has 6 heteroatoms. The molecule has 0 saturated carbocycles. The molecule has 1 aromatic rings. The molecule has 1 rings (SSSR count). The van der Waals surface area contributed by atoms with Crippen molar-refractivity contribution in [3.8, 4) is 0 Å². The zero-order chi connectivity index (χ0) is 17.7. The van der Waals surface area contributed by atoms with E-state index in [0.717, 1.165) is 5.56 Å². The fraction of sp³-hybridized carbons (Fsp3) is 0.529. The molecule has 1 atom stereocenters. The minimum Gasteiger partial charge on any atom is -0.481 e. The summed E-state index contributed by atoms with van der Waals surface area (Å²) in [4.78, 5) is 14.5. The zero-order valence-electron chi connectivity index (χ0n) is 13.7. The third-order valence-electron chi connectivity index (χ3n) is 3.93. The van der Waals surface area contributed by atoms with Gasteiger partial charge in [-0.1, -0.05) is 24.1 Å². The van der Waals surface area contributed by atoms with Crippen molar-refractivity contribution in [3.63, 3.8) is 0 Å². The maximum atomic E-state index is 12.5. The Hall–Kier alpha value is -1.87. The normalized spacial score (nSPS) is 13.3. The summed E-state index contributed by atoms with van der Waals surface area (Å²) in [6.07, 6.45) is 1.76. The Bertz CT molecular complexity index is 684. The van der Waals surface area contributed by atoms with Gasteiger partial charge in [0.15, 0.2) is 0 Å². The molecule has 126 valence electrons. The predicted molar refractivity (Wildman–Crippen MR) is 88.6 cm³/mol. The van der Waals surface area contributed by atoms with Gasteiger partial charge in [-0.2, -0.15) is 0 Å². The number of rotatable bonds is 8. The predicted octanol–water partition coefficient (Wildman–Crippen LogP) is 3.69. The number of aryl methyl sites for hydroxylation is 1. The number of hydrogen-bond donors (Lipinski definition) is 1. The van der Waals surface area contributed by atoms with E-state index in [1.165, 1.54) is 12.1 Å². The first-order chi connectivity index (χ1) is 10.6. The molecule has 0 fully saturated rings. The SMILES string of the molecule is [C-]#[N+]C(CCCCC(C)(C)C(=O)O)S(=O)(=O)c1ccc(C)cc1. The second-order valence-electron chi connectivity index (χ2n) is 6.38. The minimum absolute atomic E-state index is 0.162. The number of unbranched alkanes of at least 4 members (excludes halogenated alkanes) is 1. The van der Waals surface area contributed by atoms with E-state index < -0.39 is 26.6 Å². The van der Waals surface area contributed by atoms with Crippen LogP contribution in [0.2, 0.25) is 0 Å². The van der Waals surface area contributed by atoms with Crippen LogP contribution in [-0.2, 0) is 14.6 Å². The van der Waals surface area contributed by atoms with Crippen LogP contribution in [-0.4, -0.2) is 24.9 Å². The van der Waals surface area contributed by atoms with E-state index in [0.29, 0.717) is 19.3 Å². The van der Waals surface area contributed by atoms with E-state index in [1.54, 1.807) is 26.0 Å². The maximum absolute atomic E-state index is 12.5. The molecule has 0 aliphatic carbocycles. The highest BCUT2D eigenvalue weighted by Gasteiger charge is 2.32. The second-order valence-corrected chi connectivity index (χ2v) is 8.48. The van der Waals surface area contributed by atoms with E-state index >= 15 is 0 Å². The van der Waals surface area contributed by atoms with Crippen LogP contribution in [0.3, 0.4) is 0 Å². The molecule has 0 saturated heterocycles. The molecule has 0 heterocycles. The third kappa shape index (κ3) is 5.07. The molecule has 0 amide bonds. The molecule has 1 aromatic carbocycles. The molecule has 0 aliphatic rings. The van der Waals surface area contributed by atoms with Crippen LogP contribution in [0, 0.1) is 18.9 Å². The number of carboxylic acids is 1. The highest BCUT2D eigenvalue weighted by atomic mass is 32.2. The van der Waals surface area contributed by atoms with Crippen LogP contribution >= 0.6 is 0 Å². The van der Waals surface area contributed by atoms with E-state index in [4.69, 9.17) is 11.7 Å². The molecular weight excluding hydrogens is 314 g/mol. The van der Waals surface area contributed by atoms with E-state index in [1.807, 2.05) is 6.92 Å². The van der Waals surface area contributed by atoms with Crippen LogP contribution in [0.25, 0.3) is 4.85 Å². The van der Waals surface area contributed by atoms with E-state index in [9.17, 15) is 13.2 Å². The lowest BCUT2D eigenvalue weighted by Crippen LogP contribution is -2.23. The van der Waals surface area contributed by atoms with Crippen molar-refractivity contribution in [1.82, 2.24) is 0 Å². The van der Waals surface area contributed by atoms with Crippen molar-refractivity contribution in [2.75, 3.05) is 0 Å². The van der Waals surface area contributed by atoms with Gasteiger partial charge < -0.3 is 5.11 Å². The molecule has 5 nitrogen and oxygen atoms in total. The van der Waals surface area contributed by atoms with Gasteiger partial charge in [-0.25, -0.2) is 15.0 Å². The molecule has 0 spiro atoms. The smallest absolute Gasteiger partial charge is 0.325 e. The fourth-order valence-electron chi connectivity index (χ4n) is 2.17. The summed E-state index contributed by atoms with van der Waals surface area (Å²) >= 11 is 0. The Morgan fingerprint density at radius 1 is 1.26 bits per heavy atom. The molecule has 23 heavy (non-hydrogen) atoms. The van der Waals surface area contributed by atoms with Crippen molar-refractivity contribution in [3.05, 3.63) is 41.2 Å². The number of nitrogens with zero attached hydrogens (tertiary/aromatic N) is 1. The number of benzene rings is 1. The van der Waals surface area contributed by atoms with Gasteiger partial charge in [-0.15, -0.1) is 0 Å². The Morgan fingerprint density at radius 3 is 2.30 bits per heavy atom. The quantitative estimate of drug-likeness (QED) is 0.580. The fourth-order valence-corrected chi connectivity index (χ4v) is 3.61. The average Bonchev–Trinajstić information content (AvgIpc) is 2.47. The molecule has 0 radical (unpaired) electrons. The van der Waals surface area contributed by atoms with Crippen LogP contribution < -0.4 is 0 Å².